The molecule has 0 saturated carbocycles. The van der Waals surface area contributed by atoms with E-state index in [1.165, 1.54) is 4.40 Å². The van der Waals surface area contributed by atoms with Gasteiger partial charge in [0, 0.05) is 18.9 Å². The lowest BCUT2D eigenvalue weighted by atomic mass is 10.1. The summed E-state index contributed by atoms with van der Waals surface area (Å²) in [5, 5.41) is 2.72. The molecule has 0 fully saturated rings. The van der Waals surface area contributed by atoms with E-state index in [4.69, 9.17) is 9.47 Å². The van der Waals surface area contributed by atoms with Crippen LogP contribution >= 0.6 is 0 Å². The van der Waals surface area contributed by atoms with Crippen molar-refractivity contribution in [2.45, 2.75) is 24.5 Å². The first-order chi connectivity index (χ1) is 13.8. The normalized spacial score (nSPS) is 15.0. The Labute approximate surface area is 168 Å². The van der Waals surface area contributed by atoms with E-state index in [1.807, 2.05) is 25.1 Å². The van der Waals surface area contributed by atoms with Gasteiger partial charge in [-0.25, -0.2) is 13.4 Å². The summed E-state index contributed by atoms with van der Waals surface area (Å²) in [5.41, 5.74) is 1.33. The van der Waals surface area contributed by atoms with Gasteiger partial charge in [0.25, 0.3) is 5.91 Å². The summed E-state index contributed by atoms with van der Waals surface area (Å²) in [7, 11) is -3.60. The number of ether oxygens (including phenoxy) is 2. The zero-order valence-corrected chi connectivity index (χ0v) is 16.9. The highest BCUT2D eigenvalue weighted by Gasteiger charge is 2.24. The van der Waals surface area contributed by atoms with Gasteiger partial charge in [0.05, 0.1) is 24.8 Å². The molecule has 9 heteroatoms. The smallest absolute Gasteiger partial charge is 0.272 e. The molecule has 0 saturated heterocycles. The summed E-state index contributed by atoms with van der Waals surface area (Å²) in [6.45, 7) is 3.02. The lowest BCUT2D eigenvalue weighted by Crippen LogP contribution is -2.27. The van der Waals surface area contributed by atoms with Gasteiger partial charge >= 0.3 is 0 Å². The highest BCUT2D eigenvalue weighted by Crippen LogP contribution is 2.32. The van der Waals surface area contributed by atoms with Crippen LogP contribution < -0.4 is 14.8 Å². The molecule has 4 rings (SSSR count). The average Bonchev–Trinajstić information content (AvgIpc) is 2.93. The fraction of sp³-hybridized carbons (Fsp3) is 0.300. The van der Waals surface area contributed by atoms with Crippen molar-refractivity contribution in [2.75, 3.05) is 19.5 Å². The maximum atomic E-state index is 12.9. The van der Waals surface area contributed by atoms with Crippen molar-refractivity contribution in [2.24, 2.45) is 0 Å². The lowest BCUT2D eigenvalue weighted by Gasteiger charge is -2.16. The highest BCUT2D eigenvalue weighted by molar-refractivity contribution is 7.90. The number of hydrogen-bond donors (Lipinski definition) is 1. The molecule has 1 atom stereocenters. The Morgan fingerprint density at radius 1 is 1.17 bits per heavy atom. The maximum Gasteiger partial charge on any atom is 0.272 e. The molecule has 1 N–H and O–H groups in total. The van der Waals surface area contributed by atoms with Gasteiger partial charge in [0.15, 0.2) is 17.2 Å². The largest absolute Gasteiger partial charge is 0.490 e. The first kappa shape index (κ1) is 19.3. The van der Waals surface area contributed by atoms with Crippen LogP contribution in [0.3, 0.4) is 0 Å². The molecule has 3 aromatic rings. The summed E-state index contributed by atoms with van der Waals surface area (Å²) in [6.07, 6.45) is 3.45. The topological polar surface area (TPSA) is 99.0 Å². The molecule has 2 aromatic heterocycles. The van der Waals surface area contributed by atoms with E-state index in [9.17, 15) is 13.2 Å². The molecule has 1 unspecified atom stereocenters. The first-order valence-electron chi connectivity index (χ1n) is 9.22. The fourth-order valence-electron chi connectivity index (χ4n) is 3.24. The summed E-state index contributed by atoms with van der Waals surface area (Å²) >= 11 is 0. The molecule has 0 radical (unpaired) electrons. The number of imidazole rings is 1. The number of nitrogens with one attached hydrogen (secondary N) is 1. The van der Waals surface area contributed by atoms with Gasteiger partial charge in [-0.15, -0.1) is 0 Å². The van der Waals surface area contributed by atoms with Crippen molar-refractivity contribution in [3.05, 3.63) is 53.9 Å². The monoisotopic (exact) mass is 415 g/mol. The maximum absolute atomic E-state index is 12.9. The van der Waals surface area contributed by atoms with E-state index in [0.717, 1.165) is 18.2 Å². The van der Waals surface area contributed by atoms with E-state index in [1.54, 1.807) is 24.4 Å². The predicted molar refractivity (Wildman–Crippen MR) is 106 cm³/mol. The zero-order valence-electron chi connectivity index (χ0n) is 16.1. The van der Waals surface area contributed by atoms with Gasteiger partial charge in [-0.1, -0.05) is 12.1 Å². The molecular formula is C20H21N3O5S. The highest BCUT2D eigenvalue weighted by atomic mass is 32.2. The van der Waals surface area contributed by atoms with Crippen molar-refractivity contribution in [1.82, 2.24) is 14.7 Å². The Kier molecular flexibility index (Phi) is 4.91. The van der Waals surface area contributed by atoms with E-state index < -0.39 is 15.7 Å². The number of fused-ring (bicyclic) bond motifs is 2. The van der Waals surface area contributed by atoms with Crippen molar-refractivity contribution in [3.8, 4) is 11.5 Å². The molecule has 8 nitrogen and oxygen atoms in total. The van der Waals surface area contributed by atoms with E-state index in [2.05, 4.69) is 10.3 Å². The summed E-state index contributed by atoms with van der Waals surface area (Å²) in [6, 6.07) is 10.3. The van der Waals surface area contributed by atoms with Crippen LogP contribution in [0.5, 0.6) is 11.5 Å². The summed E-state index contributed by atoms with van der Waals surface area (Å²) in [5.74, 6) is 0.874. The van der Waals surface area contributed by atoms with Crippen LogP contribution in [0, 0.1) is 0 Å². The Bertz CT molecular complexity index is 1190. The second kappa shape index (κ2) is 7.40. The standard InChI is InChI=1S/C20H21N3O5S/c1-13(14-7-8-16-17(12-14)28-11-5-10-27-16)21-19(24)18-15-6-3-4-9-23(15)20(22-18)29(2,25)26/h3-4,6-9,12-13H,5,10-11H2,1-2H3,(H,21,24). The number of pyridine rings is 1. The molecule has 0 aliphatic carbocycles. The molecule has 0 bridgehead atoms. The number of hydrogen-bond acceptors (Lipinski definition) is 6. The van der Waals surface area contributed by atoms with Crippen molar-refractivity contribution in [1.29, 1.82) is 0 Å². The third-order valence-corrected chi connectivity index (χ3v) is 5.63. The molecule has 1 aromatic carbocycles. The number of carbonyl (C=O) groups excluding carboxylic acids is 1. The van der Waals surface area contributed by atoms with Crippen LogP contribution in [0.15, 0.2) is 47.8 Å². The molecule has 29 heavy (non-hydrogen) atoms. The van der Waals surface area contributed by atoms with Crippen molar-refractivity contribution < 1.29 is 22.7 Å². The van der Waals surface area contributed by atoms with Gasteiger partial charge in [0.1, 0.15) is 0 Å². The number of carbonyl (C=O) groups is 1. The fourth-order valence-corrected chi connectivity index (χ4v) is 4.01. The Morgan fingerprint density at radius 3 is 2.69 bits per heavy atom. The molecule has 1 amide bonds. The molecule has 3 heterocycles. The van der Waals surface area contributed by atoms with Crippen LogP contribution in [0.4, 0.5) is 0 Å². The zero-order chi connectivity index (χ0) is 20.6. The second-order valence-electron chi connectivity index (χ2n) is 6.92. The van der Waals surface area contributed by atoms with Crippen LogP contribution in [0.25, 0.3) is 5.52 Å². The molecule has 1 aliphatic heterocycles. The Balaban J connectivity index is 1.62. The third kappa shape index (κ3) is 3.77. The van der Waals surface area contributed by atoms with Crippen LogP contribution in [-0.4, -0.2) is 43.2 Å². The minimum absolute atomic E-state index is 0.0622. The van der Waals surface area contributed by atoms with Gasteiger partial charge in [-0.3, -0.25) is 9.20 Å². The Morgan fingerprint density at radius 2 is 1.93 bits per heavy atom. The van der Waals surface area contributed by atoms with Gasteiger partial charge in [-0.05, 0) is 36.8 Å². The number of amides is 1. The number of aromatic nitrogens is 2. The number of sulfone groups is 1. The minimum atomic E-state index is -3.60. The van der Waals surface area contributed by atoms with Gasteiger partial charge in [0.2, 0.25) is 15.0 Å². The average molecular weight is 415 g/mol. The third-order valence-electron chi connectivity index (χ3n) is 4.68. The van der Waals surface area contributed by atoms with E-state index in [0.29, 0.717) is 30.2 Å². The lowest BCUT2D eigenvalue weighted by molar-refractivity contribution is 0.0936. The van der Waals surface area contributed by atoms with E-state index >= 15 is 0 Å². The van der Waals surface area contributed by atoms with E-state index in [-0.39, 0.29) is 16.9 Å². The van der Waals surface area contributed by atoms with Crippen LogP contribution in [0.1, 0.15) is 35.4 Å². The number of benzene rings is 1. The van der Waals surface area contributed by atoms with Crippen LogP contribution in [-0.2, 0) is 9.84 Å². The quantitative estimate of drug-likeness (QED) is 0.703. The predicted octanol–water partition coefficient (Wildman–Crippen LogP) is 2.39. The van der Waals surface area contributed by atoms with Gasteiger partial charge in [-0.2, -0.15) is 0 Å². The first-order valence-corrected chi connectivity index (χ1v) is 11.1. The van der Waals surface area contributed by atoms with Crippen molar-refractivity contribution in [3.63, 3.8) is 0 Å². The van der Waals surface area contributed by atoms with Crippen LogP contribution in [0.2, 0.25) is 0 Å². The minimum Gasteiger partial charge on any atom is -0.490 e. The van der Waals surface area contributed by atoms with Crippen molar-refractivity contribution >= 4 is 21.3 Å². The summed E-state index contributed by atoms with van der Waals surface area (Å²) in [4.78, 5) is 17.0. The SMILES string of the molecule is CC(NC(=O)c1nc(S(C)(=O)=O)n2ccccc12)c1ccc2c(c1)OCCCO2. The molecule has 152 valence electrons. The number of rotatable bonds is 4. The number of nitrogens with zero attached hydrogens (tertiary/aromatic N) is 2. The summed E-state index contributed by atoms with van der Waals surface area (Å²) < 4.78 is 36.8. The Hall–Kier alpha value is -3.07. The van der Waals surface area contributed by atoms with Gasteiger partial charge < -0.3 is 14.8 Å². The molecule has 0 spiro atoms. The molecular weight excluding hydrogens is 394 g/mol. The second-order valence-corrected chi connectivity index (χ2v) is 8.83. The molecule has 1 aliphatic rings.